The molecule has 11 N–H and O–H groups in total. The molecule has 5 atom stereocenters. The fourth-order valence-electron chi connectivity index (χ4n) is 3.74. The Kier molecular flexibility index (Phi) is 16.4. The van der Waals surface area contributed by atoms with E-state index >= 15 is 0 Å². The summed E-state index contributed by atoms with van der Waals surface area (Å²) in [5.41, 5.74) is 16.9. The Labute approximate surface area is 225 Å². The second-order valence-electron chi connectivity index (χ2n) is 10.8. The van der Waals surface area contributed by atoms with Gasteiger partial charge in [0, 0.05) is 0 Å². The molecule has 0 saturated heterocycles. The zero-order valence-electron chi connectivity index (χ0n) is 23.6. The molecule has 38 heavy (non-hydrogen) atoms. The predicted octanol–water partition coefficient (Wildman–Crippen LogP) is -1.22. The fraction of sp³-hybridized carbons (Fsp3) is 0.800. The summed E-state index contributed by atoms with van der Waals surface area (Å²) in [7, 11) is 0. The third-order valence-corrected chi connectivity index (χ3v) is 5.81. The van der Waals surface area contributed by atoms with Gasteiger partial charge in [-0.1, -0.05) is 41.5 Å². The number of carbonyl (C=O) groups is 5. The van der Waals surface area contributed by atoms with Crippen molar-refractivity contribution in [1.82, 2.24) is 21.3 Å². The number of carboxylic acids is 1. The van der Waals surface area contributed by atoms with Crippen molar-refractivity contribution in [2.75, 3.05) is 13.1 Å². The Morgan fingerprint density at radius 1 is 0.632 bits per heavy atom. The summed E-state index contributed by atoms with van der Waals surface area (Å²) in [5, 5.41) is 19.8. The Morgan fingerprint density at radius 3 is 1.39 bits per heavy atom. The van der Waals surface area contributed by atoms with E-state index in [2.05, 4.69) is 21.3 Å². The molecule has 0 heterocycles. The number of hydrogen-bond acceptors (Lipinski definition) is 8. The molecule has 0 aromatic rings. The van der Waals surface area contributed by atoms with E-state index in [0.29, 0.717) is 6.42 Å². The maximum absolute atomic E-state index is 13.2. The molecule has 0 aromatic heterocycles. The van der Waals surface area contributed by atoms with Crippen molar-refractivity contribution in [2.24, 2.45) is 35.0 Å². The third-order valence-electron chi connectivity index (χ3n) is 5.81. The molecule has 0 radical (unpaired) electrons. The average molecular weight is 544 g/mol. The summed E-state index contributed by atoms with van der Waals surface area (Å²) in [6.45, 7) is 11.1. The van der Waals surface area contributed by atoms with Crippen LogP contribution in [0.3, 0.4) is 0 Å². The monoisotopic (exact) mass is 543 g/mol. The van der Waals surface area contributed by atoms with Gasteiger partial charge in [0.05, 0.1) is 6.04 Å². The molecule has 13 nitrogen and oxygen atoms in total. The molecule has 0 aromatic carbocycles. The molecule has 0 spiro atoms. The van der Waals surface area contributed by atoms with Crippen LogP contribution in [0.1, 0.15) is 67.2 Å². The van der Waals surface area contributed by atoms with Crippen molar-refractivity contribution in [3.05, 3.63) is 0 Å². The van der Waals surface area contributed by atoms with Gasteiger partial charge in [-0.3, -0.25) is 19.2 Å². The Morgan fingerprint density at radius 2 is 1.03 bits per heavy atom. The summed E-state index contributed by atoms with van der Waals surface area (Å²) < 4.78 is 0. The minimum Gasteiger partial charge on any atom is -0.480 e. The maximum atomic E-state index is 13.2. The molecular formula is C25H49N7O6. The van der Waals surface area contributed by atoms with Crippen LogP contribution in [0, 0.1) is 17.8 Å². The first kappa shape index (κ1) is 35.2. The molecule has 0 bridgehead atoms. The third kappa shape index (κ3) is 13.2. The largest absolute Gasteiger partial charge is 0.480 e. The number of carboxylic acid groups (broad SMARTS) is 1. The molecule has 220 valence electrons. The molecule has 13 heteroatoms. The van der Waals surface area contributed by atoms with Crippen molar-refractivity contribution in [2.45, 2.75) is 97.4 Å². The zero-order chi connectivity index (χ0) is 29.6. The van der Waals surface area contributed by atoms with E-state index in [4.69, 9.17) is 17.2 Å². The van der Waals surface area contributed by atoms with Gasteiger partial charge >= 0.3 is 5.97 Å². The zero-order valence-corrected chi connectivity index (χ0v) is 23.6. The van der Waals surface area contributed by atoms with Gasteiger partial charge in [-0.05, 0) is 56.5 Å². The van der Waals surface area contributed by atoms with Gasteiger partial charge in [0.15, 0.2) is 0 Å². The lowest BCUT2D eigenvalue weighted by molar-refractivity contribution is -0.143. The van der Waals surface area contributed by atoms with E-state index in [1.54, 1.807) is 13.8 Å². The number of nitrogens with one attached hydrogen (secondary N) is 4. The summed E-state index contributed by atoms with van der Waals surface area (Å²) >= 11 is 0. The van der Waals surface area contributed by atoms with Crippen LogP contribution in [0.2, 0.25) is 0 Å². The van der Waals surface area contributed by atoms with Gasteiger partial charge in [-0.2, -0.15) is 0 Å². The number of rotatable bonds is 18. The normalized spacial score (nSPS) is 15.4. The molecule has 0 aliphatic rings. The Bertz CT molecular complexity index is 790. The standard InChI is InChI=1S/C25H49N7O6/c1-13(2)11-18(30-21(33)16(28)7-9-26)24(36)31-19(12-14(3)4)23(35)29-17(8-10-27)22(34)32-20(15(5)6)25(37)38/h13-20H,7-12,26-28H2,1-6H3,(H,29,35)(H,30,33)(H,31,36)(H,32,34)(H,37,38)/t16-,17-,18+,19-,20-/m0/s1. The van der Waals surface area contributed by atoms with E-state index in [9.17, 15) is 29.1 Å². The molecule has 4 amide bonds. The van der Waals surface area contributed by atoms with E-state index in [-0.39, 0.29) is 50.1 Å². The molecule has 0 fully saturated rings. The van der Waals surface area contributed by atoms with E-state index in [0.717, 1.165) is 0 Å². The summed E-state index contributed by atoms with van der Waals surface area (Å²) in [5.74, 6) is -3.90. The van der Waals surface area contributed by atoms with Crippen LogP contribution in [0.25, 0.3) is 0 Å². The number of aliphatic carboxylic acids is 1. The molecule has 0 unspecified atom stereocenters. The van der Waals surface area contributed by atoms with Gasteiger partial charge in [0.1, 0.15) is 24.2 Å². The molecule has 0 aliphatic heterocycles. The second-order valence-corrected chi connectivity index (χ2v) is 10.8. The minimum absolute atomic E-state index is 0.00119. The van der Waals surface area contributed by atoms with E-state index in [1.807, 2.05) is 27.7 Å². The van der Waals surface area contributed by atoms with Crippen molar-refractivity contribution in [1.29, 1.82) is 0 Å². The summed E-state index contributed by atoms with van der Waals surface area (Å²) in [6, 6.07) is -5.05. The average Bonchev–Trinajstić information content (AvgIpc) is 2.80. The maximum Gasteiger partial charge on any atom is 0.326 e. The Balaban J connectivity index is 5.72. The van der Waals surface area contributed by atoms with Crippen LogP contribution in [0.15, 0.2) is 0 Å². The topological polar surface area (TPSA) is 232 Å². The van der Waals surface area contributed by atoms with Crippen LogP contribution in [0.4, 0.5) is 0 Å². The lowest BCUT2D eigenvalue weighted by Gasteiger charge is -2.28. The lowest BCUT2D eigenvalue weighted by atomic mass is 9.99. The van der Waals surface area contributed by atoms with Crippen LogP contribution in [0.5, 0.6) is 0 Å². The lowest BCUT2D eigenvalue weighted by Crippen LogP contribution is -2.59. The Hall–Kier alpha value is -2.77. The first-order chi connectivity index (χ1) is 17.6. The van der Waals surface area contributed by atoms with E-state index in [1.165, 1.54) is 0 Å². The first-order valence-corrected chi connectivity index (χ1v) is 13.2. The smallest absolute Gasteiger partial charge is 0.326 e. The van der Waals surface area contributed by atoms with Gasteiger partial charge < -0.3 is 43.6 Å². The van der Waals surface area contributed by atoms with Crippen molar-refractivity contribution in [3.8, 4) is 0 Å². The van der Waals surface area contributed by atoms with Gasteiger partial charge in [-0.15, -0.1) is 0 Å². The van der Waals surface area contributed by atoms with Gasteiger partial charge in [0.25, 0.3) is 0 Å². The molecule has 0 rings (SSSR count). The highest BCUT2D eigenvalue weighted by atomic mass is 16.4. The van der Waals surface area contributed by atoms with Gasteiger partial charge in [0.2, 0.25) is 23.6 Å². The van der Waals surface area contributed by atoms with Crippen LogP contribution >= 0.6 is 0 Å². The predicted molar refractivity (Wildman–Crippen MR) is 144 cm³/mol. The number of carbonyl (C=O) groups excluding carboxylic acids is 4. The van der Waals surface area contributed by atoms with E-state index < -0.39 is 59.8 Å². The van der Waals surface area contributed by atoms with Crippen molar-refractivity contribution in [3.63, 3.8) is 0 Å². The molecule has 0 aliphatic carbocycles. The minimum atomic E-state index is -1.19. The van der Waals surface area contributed by atoms with Crippen LogP contribution < -0.4 is 38.5 Å². The highest BCUT2D eigenvalue weighted by molar-refractivity contribution is 5.95. The molecular weight excluding hydrogens is 494 g/mol. The van der Waals surface area contributed by atoms with Gasteiger partial charge in [-0.25, -0.2) is 4.79 Å². The molecule has 0 saturated carbocycles. The second kappa shape index (κ2) is 17.7. The highest BCUT2D eigenvalue weighted by Crippen LogP contribution is 2.10. The fourth-order valence-corrected chi connectivity index (χ4v) is 3.74. The van der Waals surface area contributed by atoms with Crippen LogP contribution in [-0.2, 0) is 24.0 Å². The van der Waals surface area contributed by atoms with Crippen molar-refractivity contribution < 1.29 is 29.1 Å². The summed E-state index contributed by atoms with van der Waals surface area (Å²) in [6.07, 6.45) is 0.889. The first-order valence-electron chi connectivity index (χ1n) is 13.2. The number of amides is 4. The van der Waals surface area contributed by atoms with Crippen LogP contribution in [-0.4, -0.2) is 78.0 Å². The van der Waals surface area contributed by atoms with Crippen molar-refractivity contribution >= 4 is 29.6 Å². The number of nitrogens with two attached hydrogens (primary N) is 3. The quantitative estimate of drug-likeness (QED) is 0.103. The SMILES string of the molecule is CC(C)C[C@H](NC(=O)[C@@H](CC(C)C)NC(=O)[C@@H](N)CCN)C(=O)N[C@@H](CCN)C(=O)N[C@H](C(=O)O)C(C)C. The number of hydrogen-bond donors (Lipinski definition) is 8. The summed E-state index contributed by atoms with van der Waals surface area (Å²) in [4.78, 5) is 63.2. The highest BCUT2D eigenvalue weighted by Gasteiger charge is 2.32.